The van der Waals surface area contributed by atoms with Crippen molar-refractivity contribution in [2.75, 3.05) is 36.5 Å². The number of benzene rings is 2. The molecule has 0 aliphatic carbocycles. The topological polar surface area (TPSA) is 55.2 Å². The molecule has 0 radical (unpaired) electrons. The van der Waals surface area contributed by atoms with E-state index in [0.29, 0.717) is 11.4 Å². The molecule has 2 fully saturated rings. The van der Waals surface area contributed by atoms with Gasteiger partial charge in [0.2, 0.25) is 5.95 Å². The maximum Gasteiger partial charge on any atom is 0.246 e. The summed E-state index contributed by atoms with van der Waals surface area (Å²) in [6, 6.07) is 9.57. The molecular formula is C23H25F2N5O. The van der Waals surface area contributed by atoms with E-state index < -0.39 is 11.6 Å². The molecule has 0 saturated carbocycles. The Morgan fingerprint density at radius 3 is 2.45 bits per heavy atom. The molecule has 1 spiro atoms. The average molecular weight is 425 g/mol. The molecule has 0 atom stereocenters. The number of hydrogen-bond donors (Lipinski definition) is 1. The van der Waals surface area contributed by atoms with Crippen molar-refractivity contribution >= 4 is 17.3 Å². The Kier molecular flexibility index (Phi) is 5.09. The molecule has 0 amide bonds. The second-order valence-corrected chi connectivity index (χ2v) is 8.61. The molecule has 5 rings (SSSR count). The van der Waals surface area contributed by atoms with E-state index >= 15 is 0 Å². The van der Waals surface area contributed by atoms with Crippen LogP contribution in [0.3, 0.4) is 0 Å². The predicted molar refractivity (Wildman–Crippen MR) is 115 cm³/mol. The molecule has 2 saturated heterocycles. The number of aryl methyl sites for hydroxylation is 1. The third kappa shape index (κ3) is 4.25. The highest BCUT2D eigenvalue weighted by molar-refractivity contribution is 5.64. The fourth-order valence-electron chi connectivity index (χ4n) is 4.55. The quantitative estimate of drug-likeness (QED) is 0.662. The lowest BCUT2D eigenvalue weighted by Crippen LogP contribution is -2.40. The molecule has 2 aliphatic rings. The van der Waals surface area contributed by atoms with Crippen LogP contribution in [0.2, 0.25) is 0 Å². The second-order valence-electron chi connectivity index (χ2n) is 8.61. The lowest BCUT2D eigenvalue weighted by Gasteiger charge is -2.39. The van der Waals surface area contributed by atoms with Gasteiger partial charge in [-0.25, -0.2) is 13.5 Å². The van der Waals surface area contributed by atoms with Gasteiger partial charge < -0.3 is 15.0 Å². The van der Waals surface area contributed by atoms with Gasteiger partial charge in [0, 0.05) is 37.1 Å². The molecule has 8 heteroatoms. The summed E-state index contributed by atoms with van der Waals surface area (Å²) in [7, 11) is 0. The van der Waals surface area contributed by atoms with Crippen molar-refractivity contribution in [1.29, 1.82) is 0 Å². The summed E-state index contributed by atoms with van der Waals surface area (Å²) in [5.74, 6) is -0.950. The lowest BCUT2D eigenvalue weighted by atomic mass is 9.78. The first-order valence-corrected chi connectivity index (χ1v) is 10.6. The number of halogens is 2. The van der Waals surface area contributed by atoms with Gasteiger partial charge in [0.25, 0.3) is 0 Å². The Morgan fingerprint density at radius 2 is 1.74 bits per heavy atom. The fourth-order valence-corrected chi connectivity index (χ4v) is 4.55. The van der Waals surface area contributed by atoms with Crippen LogP contribution in [0.25, 0.3) is 5.69 Å². The normalized spacial score (nSPS) is 18.0. The SMILES string of the molecule is Cc1cc(Nc2ncn(-c3cc(F)cc(F)c3)n2)cc(N2CCC3(CCOC3)CC2)c1. The molecule has 162 valence electrons. The first kappa shape index (κ1) is 19.9. The predicted octanol–water partition coefficient (Wildman–Crippen LogP) is 4.60. The second kappa shape index (κ2) is 7.92. The van der Waals surface area contributed by atoms with Gasteiger partial charge in [-0.2, -0.15) is 4.98 Å². The van der Waals surface area contributed by atoms with E-state index in [-0.39, 0.29) is 5.69 Å². The maximum absolute atomic E-state index is 13.5. The minimum absolute atomic E-state index is 0.279. The van der Waals surface area contributed by atoms with Crippen LogP contribution in [-0.2, 0) is 4.74 Å². The van der Waals surface area contributed by atoms with Crippen LogP contribution in [0, 0.1) is 24.0 Å². The van der Waals surface area contributed by atoms with E-state index in [1.807, 2.05) is 6.07 Å². The molecule has 2 aromatic carbocycles. The summed E-state index contributed by atoms with van der Waals surface area (Å²) in [6.07, 6.45) is 4.91. The highest BCUT2D eigenvalue weighted by Crippen LogP contribution is 2.40. The number of hydrogen-bond acceptors (Lipinski definition) is 5. The van der Waals surface area contributed by atoms with E-state index in [1.165, 1.54) is 35.3 Å². The Morgan fingerprint density at radius 1 is 0.968 bits per heavy atom. The van der Waals surface area contributed by atoms with Gasteiger partial charge >= 0.3 is 0 Å². The van der Waals surface area contributed by atoms with Crippen LogP contribution in [0.1, 0.15) is 24.8 Å². The number of rotatable bonds is 4. The average Bonchev–Trinajstić information content (AvgIpc) is 3.37. The third-order valence-electron chi connectivity index (χ3n) is 6.30. The highest BCUT2D eigenvalue weighted by Gasteiger charge is 2.38. The summed E-state index contributed by atoms with van der Waals surface area (Å²) < 4.78 is 34.0. The standard InChI is InChI=1S/C23H25F2N5O/c1-16-8-19(13-20(9-16)29-5-2-23(3-6-29)4-7-31-14-23)27-22-26-15-30(28-22)21-11-17(24)10-18(25)12-21/h8-13,15H,2-7,14H2,1H3,(H,27,28). The van der Waals surface area contributed by atoms with Gasteiger partial charge in [0.05, 0.1) is 12.3 Å². The van der Waals surface area contributed by atoms with Crippen LogP contribution in [0.5, 0.6) is 0 Å². The number of ether oxygens (including phenoxy) is 1. The minimum atomic E-state index is -0.657. The van der Waals surface area contributed by atoms with E-state index in [2.05, 4.69) is 39.4 Å². The minimum Gasteiger partial charge on any atom is -0.381 e. The molecular weight excluding hydrogens is 400 g/mol. The zero-order valence-electron chi connectivity index (χ0n) is 17.4. The summed E-state index contributed by atoms with van der Waals surface area (Å²) in [6.45, 7) is 5.88. The van der Waals surface area contributed by atoms with Gasteiger partial charge in [0.15, 0.2) is 0 Å². The lowest BCUT2D eigenvalue weighted by molar-refractivity contribution is 0.134. The smallest absolute Gasteiger partial charge is 0.246 e. The van der Waals surface area contributed by atoms with Crippen LogP contribution in [0.15, 0.2) is 42.7 Å². The first-order chi connectivity index (χ1) is 15.0. The summed E-state index contributed by atoms with van der Waals surface area (Å²) in [5.41, 5.74) is 3.83. The molecule has 1 aromatic heterocycles. The van der Waals surface area contributed by atoms with Crippen molar-refractivity contribution in [2.24, 2.45) is 5.41 Å². The largest absolute Gasteiger partial charge is 0.381 e. The third-order valence-corrected chi connectivity index (χ3v) is 6.30. The van der Waals surface area contributed by atoms with E-state index in [0.717, 1.165) is 56.5 Å². The molecule has 3 heterocycles. The monoisotopic (exact) mass is 425 g/mol. The van der Waals surface area contributed by atoms with Crippen LogP contribution in [0.4, 0.5) is 26.1 Å². The number of nitrogens with one attached hydrogen (secondary N) is 1. The van der Waals surface area contributed by atoms with Gasteiger partial charge in [-0.1, -0.05) is 0 Å². The fraction of sp³-hybridized carbons (Fsp3) is 0.391. The van der Waals surface area contributed by atoms with Crippen molar-refractivity contribution in [3.05, 3.63) is 59.9 Å². The molecule has 1 N–H and O–H groups in total. The Bertz CT molecular complexity index is 1060. The van der Waals surface area contributed by atoms with Crippen LogP contribution < -0.4 is 10.2 Å². The molecule has 0 unspecified atom stereocenters. The number of anilines is 3. The van der Waals surface area contributed by atoms with E-state index in [9.17, 15) is 8.78 Å². The summed E-state index contributed by atoms with van der Waals surface area (Å²) in [5, 5.41) is 7.53. The Hall–Kier alpha value is -3.00. The Balaban J connectivity index is 1.31. The van der Waals surface area contributed by atoms with Crippen LogP contribution in [-0.4, -0.2) is 41.1 Å². The molecule has 6 nitrogen and oxygen atoms in total. The molecule has 0 bridgehead atoms. The zero-order chi connectivity index (χ0) is 21.4. The van der Waals surface area contributed by atoms with Gasteiger partial charge in [0.1, 0.15) is 18.0 Å². The van der Waals surface area contributed by atoms with Crippen molar-refractivity contribution < 1.29 is 13.5 Å². The van der Waals surface area contributed by atoms with Gasteiger partial charge in [-0.05, 0) is 67.5 Å². The Labute approximate surface area is 179 Å². The first-order valence-electron chi connectivity index (χ1n) is 10.6. The molecule has 2 aliphatic heterocycles. The zero-order valence-corrected chi connectivity index (χ0v) is 17.4. The molecule has 3 aromatic rings. The van der Waals surface area contributed by atoms with Crippen molar-refractivity contribution in [3.63, 3.8) is 0 Å². The maximum atomic E-state index is 13.5. The van der Waals surface area contributed by atoms with E-state index in [4.69, 9.17) is 4.74 Å². The van der Waals surface area contributed by atoms with Gasteiger partial charge in [-0.15, -0.1) is 5.10 Å². The van der Waals surface area contributed by atoms with Crippen molar-refractivity contribution in [1.82, 2.24) is 14.8 Å². The summed E-state index contributed by atoms with van der Waals surface area (Å²) >= 11 is 0. The van der Waals surface area contributed by atoms with Gasteiger partial charge in [-0.3, -0.25) is 0 Å². The number of aromatic nitrogens is 3. The summed E-state index contributed by atoms with van der Waals surface area (Å²) in [4.78, 5) is 6.66. The highest BCUT2D eigenvalue weighted by atomic mass is 19.1. The molecule has 31 heavy (non-hydrogen) atoms. The van der Waals surface area contributed by atoms with Crippen molar-refractivity contribution in [2.45, 2.75) is 26.2 Å². The van der Waals surface area contributed by atoms with Crippen molar-refractivity contribution in [3.8, 4) is 5.69 Å². The van der Waals surface area contributed by atoms with Crippen LogP contribution >= 0.6 is 0 Å². The number of nitrogens with zero attached hydrogens (tertiary/aromatic N) is 4. The number of piperidine rings is 1. The van der Waals surface area contributed by atoms with E-state index in [1.54, 1.807) is 0 Å².